The number of sulfonamides is 1. The summed E-state index contributed by atoms with van der Waals surface area (Å²) in [5.74, 6) is 0.475. The second-order valence-corrected chi connectivity index (χ2v) is 9.89. The third kappa shape index (κ3) is 4.71. The molecule has 152 valence electrons. The Kier molecular flexibility index (Phi) is 6.36. The average Bonchev–Trinajstić information content (AvgIpc) is 3.02. The molecule has 7 nitrogen and oxygen atoms in total. The minimum absolute atomic E-state index is 0.322. The zero-order chi connectivity index (χ0) is 20.3. The summed E-state index contributed by atoms with van der Waals surface area (Å²) >= 11 is 1.38. The third-order valence-electron chi connectivity index (χ3n) is 4.65. The molecule has 2 aromatic rings. The number of thiazole rings is 1. The predicted molar refractivity (Wildman–Crippen MR) is 111 cm³/mol. The standard InChI is InChI=1S/C19H25N3O4S2/c1-4-26-15-10-8-14(9-11-15)17-13(2)27-19(20-17)21-18(23)16-7-5-6-12-22(16)28(3,24)25/h8-11,16H,4-7,12H2,1-3H3,(H,20,21,23). The zero-order valence-electron chi connectivity index (χ0n) is 16.3. The molecule has 0 spiro atoms. The SMILES string of the molecule is CCOc1ccc(-c2nc(NC(=O)C3CCCCN3S(C)(=O)=O)sc2C)cc1. The fraction of sp³-hybridized carbons (Fsp3) is 0.474. The smallest absolute Gasteiger partial charge is 0.244 e. The second kappa shape index (κ2) is 8.59. The lowest BCUT2D eigenvalue weighted by atomic mass is 10.0. The van der Waals surface area contributed by atoms with E-state index in [1.807, 2.05) is 38.1 Å². The number of amides is 1. The zero-order valence-corrected chi connectivity index (χ0v) is 17.9. The lowest BCUT2D eigenvalue weighted by molar-refractivity contribution is -0.120. The number of aryl methyl sites for hydroxylation is 1. The third-order valence-corrected chi connectivity index (χ3v) is 6.82. The highest BCUT2D eigenvalue weighted by Gasteiger charge is 2.34. The van der Waals surface area contributed by atoms with E-state index in [9.17, 15) is 13.2 Å². The summed E-state index contributed by atoms with van der Waals surface area (Å²) in [6, 6.07) is 6.97. The molecule has 28 heavy (non-hydrogen) atoms. The van der Waals surface area contributed by atoms with Gasteiger partial charge in [-0.2, -0.15) is 4.31 Å². The Morgan fingerprint density at radius 1 is 1.32 bits per heavy atom. The average molecular weight is 424 g/mol. The number of nitrogens with one attached hydrogen (secondary N) is 1. The van der Waals surface area contributed by atoms with Crippen molar-refractivity contribution in [1.82, 2.24) is 9.29 Å². The molecule has 1 aromatic heterocycles. The summed E-state index contributed by atoms with van der Waals surface area (Å²) in [6.45, 7) is 4.87. The van der Waals surface area contributed by atoms with Crippen LogP contribution in [0.3, 0.4) is 0 Å². The van der Waals surface area contributed by atoms with Crippen LogP contribution in [0.25, 0.3) is 11.3 Å². The van der Waals surface area contributed by atoms with Crippen molar-refractivity contribution in [2.45, 2.75) is 39.2 Å². The van der Waals surface area contributed by atoms with Crippen molar-refractivity contribution in [3.05, 3.63) is 29.1 Å². The van der Waals surface area contributed by atoms with Crippen molar-refractivity contribution in [3.8, 4) is 17.0 Å². The molecular formula is C19H25N3O4S2. The highest BCUT2D eigenvalue weighted by atomic mass is 32.2. The molecule has 1 unspecified atom stereocenters. The number of carbonyl (C=O) groups excluding carboxylic acids is 1. The number of anilines is 1. The first-order valence-corrected chi connectivity index (χ1v) is 11.9. The monoisotopic (exact) mass is 423 g/mol. The molecule has 1 N–H and O–H groups in total. The van der Waals surface area contributed by atoms with Gasteiger partial charge in [-0.3, -0.25) is 4.79 Å². The number of hydrogen-bond acceptors (Lipinski definition) is 6. The fourth-order valence-corrected chi connectivity index (χ4v) is 5.31. The Bertz CT molecular complexity index is 939. The fourth-order valence-electron chi connectivity index (χ4n) is 3.35. The van der Waals surface area contributed by atoms with Gasteiger partial charge in [0.15, 0.2) is 5.13 Å². The number of hydrogen-bond donors (Lipinski definition) is 1. The normalized spacial score (nSPS) is 18.0. The molecule has 0 radical (unpaired) electrons. The highest BCUT2D eigenvalue weighted by molar-refractivity contribution is 7.88. The molecule has 1 aliphatic rings. The topological polar surface area (TPSA) is 88.6 Å². The van der Waals surface area contributed by atoms with Gasteiger partial charge in [0.25, 0.3) is 0 Å². The van der Waals surface area contributed by atoms with Gasteiger partial charge in [0.2, 0.25) is 15.9 Å². The van der Waals surface area contributed by atoms with Crippen LogP contribution in [0.5, 0.6) is 5.75 Å². The van der Waals surface area contributed by atoms with E-state index in [1.165, 1.54) is 15.6 Å². The molecular weight excluding hydrogens is 398 g/mol. The van der Waals surface area contributed by atoms with E-state index < -0.39 is 16.1 Å². The van der Waals surface area contributed by atoms with Gasteiger partial charge in [-0.15, -0.1) is 11.3 Å². The molecule has 0 saturated carbocycles. The predicted octanol–water partition coefficient (Wildman–Crippen LogP) is 3.27. The first-order chi connectivity index (χ1) is 13.3. The van der Waals surface area contributed by atoms with Crippen LogP contribution in [-0.4, -0.2) is 49.1 Å². The highest BCUT2D eigenvalue weighted by Crippen LogP contribution is 2.32. The minimum atomic E-state index is -3.42. The molecule has 9 heteroatoms. The Labute approximate surface area is 169 Å². The number of nitrogens with zero attached hydrogens (tertiary/aromatic N) is 2. The number of aromatic nitrogens is 1. The lowest BCUT2D eigenvalue weighted by Gasteiger charge is -2.32. The van der Waals surface area contributed by atoms with E-state index in [2.05, 4.69) is 10.3 Å². The Hall–Kier alpha value is -1.97. The summed E-state index contributed by atoms with van der Waals surface area (Å²) in [7, 11) is -3.42. The van der Waals surface area contributed by atoms with Gasteiger partial charge in [-0.1, -0.05) is 6.42 Å². The molecule has 1 saturated heterocycles. The molecule has 1 fully saturated rings. The number of ether oxygens (including phenoxy) is 1. The molecule has 0 aliphatic carbocycles. The van der Waals surface area contributed by atoms with Crippen molar-refractivity contribution in [1.29, 1.82) is 0 Å². The van der Waals surface area contributed by atoms with Crippen LogP contribution in [0.2, 0.25) is 0 Å². The van der Waals surface area contributed by atoms with Gasteiger partial charge in [-0.25, -0.2) is 13.4 Å². The van der Waals surface area contributed by atoms with Crippen LogP contribution >= 0.6 is 11.3 Å². The van der Waals surface area contributed by atoms with Crippen molar-refractivity contribution in [3.63, 3.8) is 0 Å². The van der Waals surface area contributed by atoms with Crippen LogP contribution in [0.4, 0.5) is 5.13 Å². The minimum Gasteiger partial charge on any atom is -0.494 e. The van der Waals surface area contributed by atoms with E-state index in [-0.39, 0.29) is 5.91 Å². The summed E-state index contributed by atoms with van der Waals surface area (Å²) in [6.07, 6.45) is 3.28. The van der Waals surface area contributed by atoms with Crippen molar-refractivity contribution in [2.75, 3.05) is 24.7 Å². The van der Waals surface area contributed by atoms with Gasteiger partial charge in [-0.05, 0) is 51.0 Å². The van der Waals surface area contributed by atoms with Crippen LogP contribution in [0, 0.1) is 6.92 Å². The molecule has 1 atom stereocenters. The quantitative estimate of drug-likeness (QED) is 0.770. The molecule has 1 amide bonds. The lowest BCUT2D eigenvalue weighted by Crippen LogP contribution is -2.49. The number of benzene rings is 1. The molecule has 2 heterocycles. The van der Waals surface area contributed by atoms with Crippen molar-refractivity contribution < 1.29 is 17.9 Å². The van der Waals surface area contributed by atoms with Crippen LogP contribution < -0.4 is 10.1 Å². The molecule has 3 rings (SSSR count). The molecule has 1 aromatic carbocycles. The largest absolute Gasteiger partial charge is 0.494 e. The maximum absolute atomic E-state index is 12.7. The van der Waals surface area contributed by atoms with Gasteiger partial charge < -0.3 is 10.1 Å². The summed E-state index contributed by atoms with van der Waals surface area (Å²) in [5, 5.41) is 3.29. The second-order valence-electron chi connectivity index (χ2n) is 6.76. The van der Waals surface area contributed by atoms with Gasteiger partial charge in [0.05, 0.1) is 18.6 Å². The summed E-state index contributed by atoms with van der Waals surface area (Å²) in [5.41, 5.74) is 1.74. The number of carbonyl (C=O) groups is 1. The maximum atomic E-state index is 12.7. The first kappa shape index (κ1) is 20.8. The van der Waals surface area contributed by atoms with Gasteiger partial charge in [0.1, 0.15) is 11.8 Å². The van der Waals surface area contributed by atoms with Gasteiger partial charge >= 0.3 is 0 Å². The Morgan fingerprint density at radius 3 is 2.68 bits per heavy atom. The molecule has 1 aliphatic heterocycles. The van der Waals surface area contributed by atoms with E-state index in [0.717, 1.165) is 41.0 Å². The molecule has 0 bridgehead atoms. The van der Waals surface area contributed by atoms with E-state index >= 15 is 0 Å². The van der Waals surface area contributed by atoms with E-state index in [4.69, 9.17) is 4.74 Å². The van der Waals surface area contributed by atoms with Crippen molar-refractivity contribution >= 4 is 32.4 Å². The van der Waals surface area contributed by atoms with E-state index in [0.29, 0.717) is 24.7 Å². The number of rotatable bonds is 6. The Balaban J connectivity index is 1.76. The van der Waals surface area contributed by atoms with E-state index in [1.54, 1.807) is 0 Å². The van der Waals surface area contributed by atoms with Crippen LogP contribution in [-0.2, 0) is 14.8 Å². The van der Waals surface area contributed by atoms with Crippen LogP contribution in [0.1, 0.15) is 31.1 Å². The van der Waals surface area contributed by atoms with Crippen molar-refractivity contribution in [2.24, 2.45) is 0 Å². The Morgan fingerprint density at radius 2 is 2.04 bits per heavy atom. The van der Waals surface area contributed by atoms with Crippen LogP contribution in [0.15, 0.2) is 24.3 Å². The maximum Gasteiger partial charge on any atom is 0.244 e. The summed E-state index contributed by atoms with van der Waals surface area (Å²) in [4.78, 5) is 18.3. The number of piperidine rings is 1. The van der Waals surface area contributed by atoms with Gasteiger partial charge in [0, 0.05) is 17.0 Å². The first-order valence-electron chi connectivity index (χ1n) is 9.28. The summed E-state index contributed by atoms with van der Waals surface area (Å²) < 4.78 is 30.7.